The fourth-order valence-electron chi connectivity index (χ4n) is 3.82. The number of hydrogen-bond donors (Lipinski definition) is 1. The molecule has 2 fully saturated rings. The molecule has 2 aliphatic rings. The standard InChI is InChI=1S/C20H25N3O2/c24-20(16-5-6-19-15(13-16)3-1-9-21-19)22-17-7-10-23(11-8-17)14-18-4-2-12-25-18/h1,3,5-6,9,13,17-18H,2,4,7-8,10-12,14H2,(H,22,24)/t18-/m0/s1. The molecule has 5 nitrogen and oxygen atoms in total. The molecule has 0 spiro atoms. The summed E-state index contributed by atoms with van der Waals surface area (Å²) in [7, 11) is 0. The molecule has 2 aromatic rings. The molecule has 1 aromatic heterocycles. The van der Waals surface area contributed by atoms with E-state index in [9.17, 15) is 4.79 Å². The van der Waals surface area contributed by atoms with Gasteiger partial charge in [-0.05, 0) is 49.9 Å². The lowest BCUT2D eigenvalue weighted by atomic mass is 10.0. The average Bonchev–Trinajstić information content (AvgIpc) is 3.16. The number of rotatable bonds is 4. The van der Waals surface area contributed by atoms with Crippen LogP contribution in [0.5, 0.6) is 0 Å². The van der Waals surface area contributed by atoms with Crippen LogP contribution in [-0.2, 0) is 4.74 Å². The molecule has 0 unspecified atom stereocenters. The highest BCUT2D eigenvalue weighted by atomic mass is 16.5. The zero-order chi connectivity index (χ0) is 17.1. The Balaban J connectivity index is 1.30. The predicted octanol–water partition coefficient (Wildman–Crippen LogP) is 2.61. The lowest BCUT2D eigenvalue weighted by Crippen LogP contribution is -2.46. The van der Waals surface area contributed by atoms with Gasteiger partial charge in [-0.1, -0.05) is 6.07 Å². The number of amides is 1. The van der Waals surface area contributed by atoms with Gasteiger partial charge in [0.1, 0.15) is 0 Å². The summed E-state index contributed by atoms with van der Waals surface area (Å²) in [4.78, 5) is 19.3. The van der Waals surface area contributed by atoms with Crippen LogP contribution in [-0.4, -0.2) is 54.2 Å². The average molecular weight is 339 g/mol. The summed E-state index contributed by atoms with van der Waals surface area (Å²) in [6.45, 7) is 4.02. The molecule has 4 rings (SSSR count). The van der Waals surface area contributed by atoms with Crippen molar-refractivity contribution in [2.24, 2.45) is 0 Å². The molecule has 1 N–H and O–H groups in total. The highest BCUT2D eigenvalue weighted by Crippen LogP contribution is 2.18. The van der Waals surface area contributed by atoms with Crippen molar-refractivity contribution >= 4 is 16.8 Å². The van der Waals surface area contributed by atoms with E-state index in [2.05, 4.69) is 15.2 Å². The lowest BCUT2D eigenvalue weighted by Gasteiger charge is -2.33. The number of nitrogens with zero attached hydrogens (tertiary/aromatic N) is 2. The van der Waals surface area contributed by atoms with E-state index in [0.29, 0.717) is 11.7 Å². The van der Waals surface area contributed by atoms with Crippen LogP contribution in [0.25, 0.3) is 10.9 Å². The van der Waals surface area contributed by atoms with E-state index >= 15 is 0 Å². The van der Waals surface area contributed by atoms with E-state index in [-0.39, 0.29) is 11.9 Å². The molecular formula is C20H25N3O2. The van der Waals surface area contributed by atoms with Crippen LogP contribution < -0.4 is 5.32 Å². The first-order valence-electron chi connectivity index (χ1n) is 9.27. The summed E-state index contributed by atoms with van der Waals surface area (Å²) in [5.41, 5.74) is 1.63. The molecular weight excluding hydrogens is 314 g/mol. The van der Waals surface area contributed by atoms with Gasteiger partial charge in [-0.15, -0.1) is 0 Å². The number of carbonyl (C=O) groups excluding carboxylic acids is 1. The first kappa shape index (κ1) is 16.5. The molecule has 1 amide bonds. The van der Waals surface area contributed by atoms with Gasteiger partial charge < -0.3 is 15.0 Å². The second-order valence-corrected chi connectivity index (χ2v) is 7.09. The topological polar surface area (TPSA) is 54.5 Å². The maximum absolute atomic E-state index is 12.6. The number of ether oxygens (including phenoxy) is 1. The van der Waals surface area contributed by atoms with Gasteiger partial charge >= 0.3 is 0 Å². The Kier molecular flexibility index (Phi) is 4.95. The minimum atomic E-state index is 0.0170. The molecule has 0 bridgehead atoms. The third-order valence-corrected chi connectivity index (χ3v) is 5.27. The third kappa shape index (κ3) is 3.99. The van der Waals surface area contributed by atoms with Gasteiger partial charge in [-0.25, -0.2) is 0 Å². The van der Waals surface area contributed by atoms with Crippen LogP contribution in [0.3, 0.4) is 0 Å². The Morgan fingerprint density at radius 1 is 1.24 bits per heavy atom. The van der Waals surface area contributed by atoms with Gasteiger partial charge in [0.05, 0.1) is 11.6 Å². The zero-order valence-electron chi connectivity index (χ0n) is 14.5. The van der Waals surface area contributed by atoms with Crippen LogP contribution in [0, 0.1) is 0 Å². The maximum Gasteiger partial charge on any atom is 0.251 e. The summed E-state index contributed by atoms with van der Waals surface area (Å²) in [5, 5.41) is 4.20. The second-order valence-electron chi connectivity index (χ2n) is 7.09. The van der Waals surface area contributed by atoms with Crippen LogP contribution in [0.2, 0.25) is 0 Å². The Morgan fingerprint density at radius 2 is 2.12 bits per heavy atom. The van der Waals surface area contributed by atoms with E-state index in [1.54, 1.807) is 6.20 Å². The van der Waals surface area contributed by atoms with Crippen LogP contribution in [0.1, 0.15) is 36.0 Å². The van der Waals surface area contributed by atoms with Gasteiger partial charge in [0, 0.05) is 49.4 Å². The van der Waals surface area contributed by atoms with Crippen molar-refractivity contribution in [2.45, 2.75) is 37.8 Å². The minimum absolute atomic E-state index is 0.0170. The van der Waals surface area contributed by atoms with Crippen molar-refractivity contribution in [1.29, 1.82) is 0 Å². The summed E-state index contributed by atoms with van der Waals surface area (Å²) < 4.78 is 5.72. The van der Waals surface area contributed by atoms with Gasteiger partial charge in [0.15, 0.2) is 0 Å². The summed E-state index contributed by atoms with van der Waals surface area (Å²) in [6.07, 6.45) is 6.58. The number of aromatic nitrogens is 1. The summed E-state index contributed by atoms with van der Waals surface area (Å²) in [5.74, 6) is 0.0170. The van der Waals surface area contributed by atoms with Gasteiger partial charge in [-0.3, -0.25) is 9.78 Å². The van der Waals surface area contributed by atoms with E-state index in [4.69, 9.17) is 4.74 Å². The zero-order valence-corrected chi connectivity index (χ0v) is 14.5. The molecule has 3 heterocycles. The number of piperidine rings is 1. The minimum Gasteiger partial charge on any atom is -0.377 e. The molecule has 0 radical (unpaired) electrons. The third-order valence-electron chi connectivity index (χ3n) is 5.27. The van der Waals surface area contributed by atoms with E-state index in [0.717, 1.165) is 50.0 Å². The van der Waals surface area contributed by atoms with Crippen molar-refractivity contribution in [3.8, 4) is 0 Å². The molecule has 0 saturated carbocycles. The number of carbonyl (C=O) groups is 1. The quantitative estimate of drug-likeness (QED) is 0.930. The van der Waals surface area contributed by atoms with E-state index < -0.39 is 0 Å². The number of hydrogen-bond acceptors (Lipinski definition) is 4. The van der Waals surface area contributed by atoms with Gasteiger partial charge in [-0.2, -0.15) is 0 Å². The molecule has 2 saturated heterocycles. The van der Waals surface area contributed by atoms with Crippen LogP contribution >= 0.6 is 0 Å². The molecule has 25 heavy (non-hydrogen) atoms. The summed E-state index contributed by atoms with van der Waals surface area (Å²) >= 11 is 0. The number of fused-ring (bicyclic) bond motifs is 1. The molecule has 2 aliphatic heterocycles. The fraction of sp³-hybridized carbons (Fsp3) is 0.500. The van der Waals surface area contributed by atoms with Crippen molar-refractivity contribution in [1.82, 2.24) is 15.2 Å². The van der Waals surface area contributed by atoms with Crippen LogP contribution in [0.4, 0.5) is 0 Å². The van der Waals surface area contributed by atoms with Crippen molar-refractivity contribution in [2.75, 3.05) is 26.2 Å². The number of pyridine rings is 1. The van der Waals surface area contributed by atoms with E-state index in [1.807, 2.05) is 30.3 Å². The Bertz CT molecular complexity index is 735. The second kappa shape index (κ2) is 7.50. The largest absolute Gasteiger partial charge is 0.377 e. The van der Waals surface area contributed by atoms with E-state index in [1.165, 1.54) is 12.8 Å². The van der Waals surface area contributed by atoms with Crippen molar-refractivity contribution in [3.05, 3.63) is 42.1 Å². The Morgan fingerprint density at radius 3 is 2.92 bits per heavy atom. The Hall–Kier alpha value is -1.98. The SMILES string of the molecule is O=C(NC1CCN(C[C@@H]2CCCO2)CC1)c1ccc2ncccc2c1. The first-order valence-corrected chi connectivity index (χ1v) is 9.27. The monoisotopic (exact) mass is 339 g/mol. The summed E-state index contributed by atoms with van der Waals surface area (Å²) in [6, 6.07) is 9.84. The molecule has 0 aliphatic carbocycles. The molecule has 1 atom stereocenters. The fourth-order valence-corrected chi connectivity index (χ4v) is 3.82. The lowest BCUT2D eigenvalue weighted by molar-refractivity contribution is 0.0613. The number of likely N-dealkylation sites (tertiary alicyclic amines) is 1. The highest BCUT2D eigenvalue weighted by molar-refractivity contribution is 5.98. The Labute approximate surface area is 148 Å². The van der Waals surface area contributed by atoms with Gasteiger partial charge in [0.2, 0.25) is 0 Å². The first-order chi connectivity index (χ1) is 12.3. The number of nitrogens with one attached hydrogen (secondary N) is 1. The normalized spacial score (nSPS) is 22.3. The molecule has 132 valence electrons. The smallest absolute Gasteiger partial charge is 0.251 e. The van der Waals surface area contributed by atoms with Crippen molar-refractivity contribution < 1.29 is 9.53 Å². The van der Waals surface area contributed by atoms with Crippen molar-refractivity contribution in [3.63, 3.8) is 0 Å². The van der Waals surface area contributed by atoms with Gasteiger partial charge in [0.25, 0.3) is 5.91 Å². The molecule has 5 heteroatoms. The predicted molar refractivity (Wildman–Crippen MR) is 97.6 cm³/mol. The maximum atomic E-state index is 12.6. The molecule has 1 aromatic carbocycles. The van der Waals surface area contributed by atoms with Crippen LogP contribution in [0.15, 0.2) is 36.5 Å². The number of benzene rings is 1. The highest BCUT2D eigenvalue weighted by Gasteiger charge is 2.24.